The maximum atomic E-state index is 9.98. The molecule has 0 radical (unpaired) electrons. The third kappa shape index (κ3) is 4.37. The Kier molecular flexibility index (Phi) is 5.12. The lowest BCUT2D eigenvalue weighted by molar-refractivity contribution is 0.200. The van der Waals surface area contributed by atoms with Crippen molar-refractivity contribution in [3.63, 3.8) is 0 Å². The van der Waals surface area contributed by atoms with Crippen molar-refractivity contribution in [3.8, 4) is 0 Å². The fourth-order valence-corrected chi connectivity index (χ4v) is 2.64. The van der Waals surface area contributed by atoms with Gasteiger partial charge < -0.3 is 5.11 Å². The van der Waals surface area contributed by atoms with Gasteiger partial charge in [-0.1, -0.05) is 41.9 Å². The normalized spacial score (nSPS) is 12.3. The van der Waals surface area contributed by atoms with E-state index < -0.39 is 0 Å². The van der Waals surface area contributed by atoms with Gasteiger partial charge in [0.05, 0.1) is 6.10 Å². The van der Waals surface area contributed by atoms with E-state index >= 15 is 0 Å². The molecule has 0 aliphatic heterocycles. The van der Waals surface area contributed by atoms with E-state index in [4.69, 9.17) is 11.6 Å². The molecule has 0 heterocycles. The third-order valence-electron chi connectivity index (χ3n) is 2.57. The second-order valence-electron chi connectivity index (χ2n) is 4.11. The zero-order valence-corrected chi connectivity index (χ0v) is 11.5. The van der Waals surface area contributed by atoms with Crippen molar-refractivity contribution in [2.45, 2.75) is 17.4 Å². The van der Waals surface area contributed by atoms with Crippen LogP contribution < -0.4 is 0 Å². The molecule has 0 amide bonds. The van der Waals surface area contributed by atoms with Crippen molar-refractivity contribution >= 4 is 23.4 Å². The molecule has 0 fully saturated rings. The molecule has 94 valence electrons. The molecule has 1 atom stereocenters. The third-order valence-corrected chi connectivity index (χ3v) is 3.98. The Morgan fingerprint density at radius 2 is 1.67 bits per heavy atom. The molecule has 3 heteroatoms. The van der Waals surface area contributed by atoms with Crippen LogP contribution in [0.25, 0.3) is 0 Å². The fourth-order valence-electron chi connectivity index (χ4n) is 1.66. The van der Waals surface area contributed by atoms with Gasteiger partial charge in [-0.05, 0) is 36.2 Å². The van der Waals surface area contributed by atoms with Crippen LogP contribution in [0.2, 0.25) is 5.02 Å². The van der Waals surface area contributed by atoms with Crippen LogP contribution in [-0.4, -0.2) is 17.0 Å². The second kappa shape index (κ2) is 6.83. The van der Waals surface area contributed by atoms with Crippen molar-refractivity contribution in [1.82, 2.24) is 0 Å². The highest BCUT2D eigenvalue weighted by Gasteiger charge is 2.06. The van der Waals surface area contributed by atoms with Gasteiger partial charge in [0.25, 0.3) is 0 Å². The molecule has 1 nitrogen and oxygen atoms in total. The topological polar surface area (TPSA) is 20.2 Å². The molecule has 0 bridgehead atoms. The molecular weight excluding hydrogens is 264 g/mol. The van der Waals surface area contributed by atoms with Crippen molar-refractivity contribution in [2.24, 2.45) is 0 Å². The van der Waals surface area contributed by atoms with Crippen molar-refractivity contribution in [3.05, 3.63) is 65.2 Å². The lowest BCUT2D eigenvalue weighted by Crippen LogP contribution is -2.13. The molecule has 2 rings (SSSR count). The maximum absolute atomic E-state index is 9.98. The summed E-state index contributed by atoms with van der Waals surface area (Å²) < 4.78 is 0. The number of aliphatic hydroxyl groups is 1. The molecule has 1 unspecified atom stereocenters. The number of halogens is 1. The summed E-state index contributed by atoms with van der Waals surface area (Å²) in [7, 11) is 0. The van der Waals surface area contributed by atoms with Crippen molar-refractivity contribution in [1.29, 1.82) is 0 Å². The summed E-state index contributed by atoms with van der Waals surface area (Å²) in [6, 6.07) is 17.7. The molecular formula is C15H15ClOS. The summed E-state index contributed by atoms with van der Waals surface area (Å²) in [5.74, 6) is 0.701. The van der Waals surface area contributed by atoms with Gasteiger partial charge in [0.2, 0.25) is 0 Å². The lowest BCUT2D eigenvalue weighted by atomic mass is 10.1. The number of thioether (sulfide) groups is 1. The maximum Gasteiger partial charge on any atom is 0.0674 e. The quantitative estimate of drug-likeness (QED) is 0.833. The van der Waals surface area contributed by atoms with E-state index in [1.165, 1.54) is 4.90 Å². The van der Waals surface area contributed by atoms with E-state index in [1.807, 2.05) is 42.5 Å². The summed E-state index contributed by atoms with van der Waals surface area (Å²) in [5, 5.41) is 10.7. The van der Waals surface area contributed by atoms with Crippen LogP contribution in [0, 0.1) is 0 Å². The van der Waals surface area contributed by atoms with Gasteiger partial charge in [0.15, 0.2) is 0 Å². The molecule has 0 saturated carbocycles. The average molecular weight is 279 g/mol. The van der Waals surface area contributed by atoms with E-state index in [1.54, 1.807) is 11.8 Å². The van der Waals surface area contributed by atoms with Gasteiger partial charge in [-0.25, -0.2) is 0 Å². The lowest BCUT2D eigenvalue weighted by Gasteiger charge is -2.10. The highest BCUT2D eigenvalue weighted by atomic mass is 35.5. The van der Waals surface area contributed by atoms with Crippen LogP contribution in [-0.2, 0) is 6.42 Å². The van der Waals surface area contributed by atoms with E-state index in [2.05, 4.69) is 12.1 Å². The Labute approximate surface area is 117 Å². The van der Waals surface area contributed by atoms with Crippen LogP contribution in [0.4, 0.5) is 0 Å². The molecule has 0 aliphatic rings. The van der Waals surface area contributed by atoms with Crippen molar-refractivity contribution in [2.75, 3.05) is 5.75 Å². The molecule has 0 aliphatic carbocycles. The Balaban J connectivity index is 1.82. The smallest absolute Gasteiger partial charge is 0.0674 e. The van der Waals surface area contributed by atoms with Gasteiger partial charge in [-0.2, -0.15) is 0 Å². The largest absolute Gasteiger partial charge is 0.392 e. The minimum atomic E-state index is -0.337. The Morgan fingerprint density at radius 1 is 1.00 bits per heavy atom. The van der Waals surface area contributed by atoms with Gasteiger partial charge in [0.1, 0.15) is 0 Å². The summed E-state index contributed by atoms with van der Waals surface area (Å²) in [5.41, 5.74) is 1.11. The molecule has 2 aromatic rings. The van der Waals surface area contributed by atoms with Crippen molar-refractivity contribution < 1.29 is 5.11 Å². The summed E-state index contributed by atoms with van der Waals surface area (Å²) in [6.07, 6.45) is 0.327. The zero-order chi connectivity index (χ0) is 12.8. The number of hydrogen-bond acceptors (Lipinski definition) is 2. The van der Waals surface area contributed by atoms with Gasteiger partial charge in [-0.3, -0.25) is 0 Å². The molecule has 1 N–H and O–H groups in total. The highest BCUT2D eigenvalue weighted by molar-refractivity contribution is 7.99. The van der Waals surface area contributed by atoms with Crippen LogP contribution in [0.3, 0.4) is 0 Å². The molecule has 18 heavy (non-hydrogen) atoms. The summed E-state index contributed by atoms with van der Waals surface area (Å²) in [4.78, 5) is 1.19. The zero-order valence-electron chi connectivity index (χ0n) is 9.92. The first-order chi connectivity index (χ1) is 8.74. The number of benzene rings is 2. The predicted molar refractivity (Wildman–Crippen MR) is 78.3 cm³/mol. The minimum absolute atomic E-state index is 0.337. The fraction of sp³-hybridized carbons (Fsp3) is 0.200. The monoisotopic (exact) mass is 278 g/mol. The summed E-state index contributed by atoms with van der Waals surface area (Å²) >= 11 is 7.50. The Hall–Kier alpha value is -0.960. The van der Waals surface area contributed by atoms with Gasteiger partial charge in [0, 0.05) is 15.7 Å². The molecule has 0 aromatic heterocycles. The number of rotatable bonds is 5. The Bertz CT molecular complexity index is 470. The first kappa shape index (κ1) is 13.5. The van der Waals surface area contributed by atoms with Crippen LogP contribution in [0.15, 0.2) is 59.5 Å². The minimum Gasteiger partial charge on any atom is -0.392 e. The number of hydrogen-bond donors (Lipinski definition) is 1. The molecule has 0 spiro atoms. The van der Waals surface area contributed by atoms with E-state index in [0.29, 0.717) is 12.2 Å². The highest BCUT2D eigenvalue weighted by Crippen LogP contribution is 2.19. The first-order valence-corrected chi connectivity index (χ1v) is 7.21. The van der Waals surface area contributed by atoms with Gasteiger partial charge >= 0.3 is 0 Å². The molecule has 2 aromatic carbocycles. The van der Waals surface area contributed by atoms with Crippen LogP contribution in [0.5, 0.6) is 0 Å². The average Bonchev–Trinajstić information content (AvgIpc) is 2.40. The van der Waals surface area contributed by atoms with E-state index in [-0.39, 0.29) is 6.10 Å². The predicted octanol–water partition coefficient (Wildman–Crippen LogP) is 4.04. The number of aliphatic hydroxyl groups excluding tert-OH is 1. The van der Waals surface area contributed by atoms with Gasteiger partial charge in [-0.15, -0.1) is 11.8 Å². The second-order valence-corrected chi connectivity index (χ2v) is 5.64. The standard InChI is InChI=1S/C15H15ClOS/c16-13-8-6-12(7-9-13)10-14(17)11-18-15-4-2-1-3-5-15/h1-9,14,17H,10-11H2. The molecule has 0 saturated heterocycles. The Morgan fingerprint density at radius 3 is 2.33 bits per heavy atom. The van der Waals surface area contributed by atoms with E-state index in [0.717, 1.165) is 10.6 Å². The van der Waals surface area contributed by atoms with Crippen LogP contribution in [0.1, 0.15) is 5.56 Å². The van der Waals surface area contributed by atoms with Crippen LogP contribution >= 0.6 is 23.4 Å². The summed E-state index contributed by atoms with van der Waals surface area (Å²) in [6.45, 7) is 0. The SMILES string of the molecule is OC(CSc1ccccc1)Cc1ccc(Cl)cc1. The van der Waals surface area contributed by atoms with E-state index in [9.17, 15) is 5.11 Å². The first-order valence-electron chi connectivity index (χ1n) is 5.84.